The number of hydrogen-bond acceptors (Lipinski definition) is 3. The minimum atomic E-state index is 0.322. The topological polar surface area (TPSA) is 20.3 Å². The lowest BCUT2D eigenvalue weighted by atomic mass is 10.2. The first kappa shape index (κ1) is 7.09. The van der Waals surface area contributed by atoms with E-state index in [1.54, 1.807) is 4.31 Å². The summed E-state index contributed by atoms with van der Waals surface area (Å²) in [6.07, 6.45) is 2.89. The molecule has 0 spiro atoms. The second-order valence-electron chi connectivity index (χ2n) is 2.38. The molecule has 1 rings (SSSR count). The van der Waals surface area contributed by atoms with Gasteiger partial charge < -0.3 is 0 Å². The molecular weight excluding hydrogens is 134 g/mol. The van der Waals surface area contributed by atoms with Gasteiger partial charge in [-0.05, 0) is 12.8 Å². The molecular formula is C6H11NOS. The van der Waals surface area contributed by atoms with E-state index in [1.807, 2.05) is 0 Å². The standard InChI is InChI=1S/C6H11NOS/c8-6-3-1-2-4-7(9)5-6/h9H,1-5H2. The Balaban J connectivity index is 2.37. The molecule has 1 fully saturated rings. The monoisotopic (exact) mass is 145 g/mol. The third-order valence-corrected chi connectivity index (χ3v) is 1.82. The van der Waals surface area contributed by atoms with Gasteiger partial charge in [0.05, 0.1) is 6.54 Å². The van der Waals surface area contributed by atoms with Gasteiger partial charge in [0.1, 0.15) is 5.78 Å². The van der Waals surface area contributed by atoms with Gasteiger partial charge in [-0.15, -0.1) is 0 Å². The van der Waals surface area contributed by atoms with Gasteiger partial charge in [-0.25, -0.2) is 4.31 Å². The third-order valence-electron chi connectivity index (χ3n) is 1.48. The molecule has 1 aliphatic rings. The molecule has 0 atom stereocenters. The van der Waals surface area contributed by atoms with E-state index < -0.39 is 0 Å². The fourth-order valence-electron chi connectivity index (χ4n) is 0.978. The maximum Gasteiger partial charge on any atom is 0.147 e. The lowest BCUT2D eigenvalue weighted by Crippen LogP contribution is -2.18. The van der Waals surface area contributed by atoms with Crippen LogP contribution < -0.4 is 0 Å². The third kappa shape index (κ3) is 2.37. The van der Waals surface area contributed by atoms with Gasteiger partial charge in [0, 0.05) is 13.0 Å². The second kappa shape index (κ2) is 3.22. The zero-order valence-corrected chi connectivity index (χ0v) is 6.23. The van der Waals surface area contributed by atoms with E-state index >= 15 is 0 Å². The van der Waals surface area contributed by atoms with Crippen LogP contribution in [0.15, 0.2) is 0 Å². The van der Waals surface area contributed by atoms with Crippen LogP contribution in [-0.4, -0.2) is 23.2 Å². The molecule has 2 nitrogen and oxygen atoms in total. The van der Waals surface area contributed by atoms with Crippen molar-refractivity contribution in [3.8, 4) is 0 Å². The fraction of sp³-hybridized carbons (Fsp3) is 0.833. The molecule has 52 valence electrons. The van der Waals surface area contributed by atoms with Crippen LogP contribution in [0.2, 0.25) is 0 Å². The number of carbonyl (C=O) groups excluding carboxylic acids is 1. The Kier molecular flexibility index (Phi) is 2.54. The van der Waals surface area contributed by atoms with Crippen LogP contribution in [-0.2, 0) is 4.79 Å². The highest BCUT2D eigenvalue weighted by atomic mass is 32.1. The van der Waals surface area contributed by atoms with E-state index in [0.29, 0.717) is 12.3 Å². The summed E-state index contributed by atoms with van der Waals surface area (Å²) in [6.45, 7) is 1.48. The smallest absolute Gasteiger partial charge is 0.147 e. The van der Waals surface area contributed by atoms with Crippen molar-refractivity contribution in [2.24, 2.45) is 0 Å². The number of carbonyl (C=O) groups is 1. The van der Waals surface area contributed by atoms with E-state index in [9.17, 15) is 4.79 Å². The first-order valence-electron chi connectivity index (χ1n) is 3.24. The summed E-state index contributed by atoms with van der Waals surface area (Å²) in [6, 6.07) is 0. The van der Waals surface area contributed by atoms with Crippen molar-refractivity contribution in [3.05, 3.63) is 0 Å². The number of nitrogens with zero attached hydrogens (tertiary/aromatic N) is 1. The summed E-state index contributed by atoms with van der Waals surface area (Å²) in [7, 11) is 0. The molecule has 0 saturated carbocycles. The molecule has 0 aromatic heterocycles. The molecule has 0 amide bonds. The minimum Gasteiger partial charge on any atom is -0.298 e. The number of Topliss-reactive ketones (excluding diaryl/α,β-unsaturated/α-hetero) is 1. The van der Waals surface area contributed by atoms with E-state index in [4.69, 9.17) is 0 Å². The molecule has 3 heteroatoms. The maximum atomic E-state index is 10.8. The highest BCUT2D eigenvalue weighted by molar-refractivity contribution is 7.77. The molecule has 0 radical (unpaired) electrons. The molecule has 0 unspecified atom stereocenters. The molecule has 1 aliphatic heterocycles. The van der Waals surface area contributed by atoms with Crippen molar-refractivity contribution in [2.45, 2.75) is 19.3 Å². The van der Waals surface area contributed by atoms with Gasteiger partial charge >= 0.3 is 0 Å². The Hall–Kier alpha value is -0.0200. The van der Waals surface area contributed by atoms with Crippen molar-refractivity contribution >= 4 is 18.6 Å². The van der Waals surface area contributed by atoms with Crippen molar-refractivity contribution in [1.82, 2.24) is 4.31 Å². The lowest BCUT2D eigenvalue weighted by molar-refractivity contribution is -0.118. The van der Waals surface area contributed by atoms with Gasteiger partial charge in [-0.1, -0.05) is 12.8 Å². The Labute approximate surface area is 60.8 Å². The van der Waals surface area contributed by atoms with Crippen molar-refractivity contribution in [2.75, 3.05) is 13.1 Å². The van der Waals surface area contributed by atoms with Gasteiger partial charge in [0.25, 0.3) is 0 Å². The summed E-state index contributed by atoms with van der Waals surface area (Å²) < 4.78 is 1.79. The zero-order valence-electron chi connectivity index (χ0n) is 5.34. The predicted octanol–water partition coefficient (Wildman–Crippen LogP) is 0.886. The lowest BCUT2D eigenvalue weighted by Gasteiger charge is -2.07. The van der Waals surface area contributed by atoms with Crippen LogP contribution in [0.4, 0.5) is 0 Å². The van der Waals surface area contributed by atoms with E-state index in [-0.39, 0.29) is 0 Å². The van der Waals surface area contributed by atoms with Gasteiger partial charge in [-0.3, -0.25) is 4.79 Å². The first-order chi connectivity index (χ1) is 4.29. The van der Waals surface area contributed by atoms with E-state index in [0.717, 1.165) is 25.8 Å². The molecule has 1 heterocycles. The maximum absolute atomic E-state index is 10.8. The molecule has 0 bridgehead atoms. The highest BCUT2D eigenvalue weighted by Crippen LogP contribution is 2.07. The molecule has 1 saturated heterocycles. The van der Waals surface area contributed by atoms with Crippen molar-refractivity contribution in [1.29, 1.82) is 0 Å². The first-order valence-corrected chi connectivity index (χ1v) is 3.64. The highest BCUT2D eigenvalue weighted by Gasteiger charge is 2.10. The zero-order chi connectivity index (χ0) is 6.69. The fourth-order valence-corrected chi connectivity index (χ4v) is 1.28. The average molecular weight is 145 g/mol. The summed E-state index contributed by atoms with van der Waals surface area (Å²) in [5, 5.41) is 0. The van der Waals surface area contributed by atoms with Gasteiger partial charge in [0.15, 0.2) is 0 Å². The predicted molar refractivity (Wildman–Crippen MR) is 39.4 cm³/mol. The van der Waals surface area contributed by atoms with E-state index in [1.165, 1.54) is 0 Å². The largest absolute Gasteiger partial charge is 0.298 e. The van der Waals surface area contributed by atoms with Crippen LogP contribution >= 0.6 is 12.8 Å². The Morgan fingerprint density at radius 2 is 2.22 bits per heavy atom. The molecule has 0 aromatic carbocycles. The van der Waals surface area contributed by atoms with Gasteiger partial charge in [-0.2, -0.15) is 0 Å². The number of ketones is 1. The summed E-state index contributed by atoms with van der Waals surface area (Å²) >= 11 is 4.10. The second-order valence-corrected chi connectivity index (χ2v) is 2.95. The number of hydrogen-bond donors (Lipinski definition) is 1. The minimum absolute atomic E-state index is 0.322. The van der Waals surface area contributed by atoms with Crippen LogP contribution in [0.5, 0.6) is 0 Å². The average Bonchev–Trinajstić information content (AvgIpc) is 1.93. The Morgan fingerprint density at radius 1 is 1.44 bits per heavy atom. The van der Waals surface area contributed by atoms with Crippen LogP contribution in [0.3, 0.4) is 0 Å². The molecule has 0 aliphatic carbocycles. The summed E-state index contributed by atoms with van der Waals surface area (Å²) in [4.78, 5) is 10.8. The molecule has 9 heavy (non-hydrogen) atoms. The summed E-state index contributed by atoms with van der Waals surface area (Å²) in [5.74, 6) is 0.322. The van der Waals surface area contributed by atoms with E-state index in [2.05, 4.69) is 12.8 Å². The molecule has 0 aromatic rings. The quantitative estimate of drug-likeness (QED) is 0.511. The number of thiol groups is 1. The number of rotatable bonds is 0. The normalized spacial score (nSPS) is 23.9. The van der Waals surface area contributed by atoms with Crippen LogP contribution in [0.25, 0.3) is 0 Å². The van der Waals surface area contributed by atoms with Crippen LogP contribution in [0, 0.1) is 0 Å². The SMILES string of the molecule is O=C1CCCCN(S)C1. The van der Waals surface area contributed by atoms with Gasteiger partial charge in [0.2, 0.25) is 0 Å². The van der Waals surface area contributed by atoms with Crippen molar-refractivity contribution in [3.63, 3.8) is 0 Å². The Morgan fingerprint density at radius 3 is 3.00 bits per heavy atom. The summed E-state index contributed by atoms with van der Waals surface area (Å²) in [5.41, 5.74) is 0. The Bertz CT molecular complexity index is 116. The molecule has 0 N–H and O–H groups in total. The van der Waals surface area contributed by atoms with Crippen molar-refractivity contribution < 1.29 is 4.79 Å². The van der Waals surface area contributed by atoms with Crippen LogP contribution in [0.1, 0.15) is 19.3 Å².